The van der Waals surface area contributed by atoms with Gasteiger partial charge in [0, 0.05) is 24.1 Å². The number of aromatic nitrogens is 5. The van der Waals surface area contributed by atoms with Gasteiger partial charge in [0.25, 0.3) is 0 Å². The molecule has 0 amide bonds. The van der Waals surface area contributed by atoms with Crippen molar-refractivity contribution in [2.45, 2.75) is 52.6 Å². The molecule has 0 aromatic carbocycles. The third kappa shape index (κ3) is 3.26. The highest BCUT2D eigenvalue weighted by atomic mass is 16.5. The number of aryl methyl sites for hydroxylation is 3. The molecule has 0 aliphatic carbocycles. The minimum absolute atomic E-state index is 0.214. The zero-order valence-electron chi connectivity index (χ0n) is 15.5. The molecule has 26 heavy (non-hydrogen) atoms. The highest BCUT2D eigenvalue weighted by molar-refractivity contribution is 5.63. The van der Waals surface area contributed by atoms with Gasteiger partial charge in [-0.15, -0.1) is 0 Å². The van der Waals surface area contributed by atoms with Gasteiger partial charge in [-0.1, -0.05) is 11.6 Å². The Kier molecular flexibility index (Phi) is 4.55. The van der Waals surface area contributed by atoms with E-state index in [1.54, 1.807) is 6.20 Å². The normalized spacial score (nSPS) is 18.3. The van der Waals surface area contributed by atoms with Crippen LogP contribution in [0, 0.1) is 20.8 Å². The van der Waals surface area contributed by atoms with Gasteiger partial charge in [-0.3, -0.25) is 10.00 Å². The lowest BCUT2D eigenvalue weighted by atomic mass is 10.0. The topological polar surface area (TPSA) is 83.7 Å². The number of nitrogens with one attached hydrogen (secondary N) is 1. The van der Waals surface area contributed by atoms with E-state index in [9.17, 15) is 0 Å². The van der Waals surface area contributed by atoms with Crippen molar-refractivity contribution < 1.29 is 4.52 Å². The largest absolute Gasteiger partial charge is 0.361 e. The number of H-pyrrole nitrogens is 1. The zero-order chi connectivity index (χ0) is 18.1. The lowest BCUT2D eigenvalue weighted by Gasteiger charge is -2.34. The molecule has 0 spiro atoms. The van der Waals surface area contributed by atoms with Crippen LogP contribution < -0.4 is 0 Å². The van der Waals surface area contributed by atoms with Gasteiger partial charge in [0.05, 0.1) is 23.0 Å². The van der Waals surface area contributed by atoms with Crippen molar-refractivity contribution in [3.63, 3.8) is 0 Å². The van der Waals surface area contributed by atoms with Crippen molar-refractivity contribution in [2.24, 2.45) is 0 Å². The number of hydrogen-bond donors (Lipinski definition) is 1. The Hall–Kier alpha value is -2.54. The van der Waals surface area contributed by atoms with Crippen LogP contribution in [0.25, 0.3) is 11.3 Å². The van der Waals surface area contributed by atoms with Crippen LogP contribution in [0.5, 0.6) is 0 Å². The summed E-state index contributed by atoms with van der Waals surface area (Å²) in [5.41, 5.74) is 4.83. The Morgan fingerprint density at radius 2 is 2.12 bits per heavy atom. The minimum atomic E-state index is 0.214. The van der Waals surface area contributed by atoms with Crippen LogP contribution in [0.4, 0.5) is 0 Å². The van der Waals surface area contributed by atoms with Gasteiger partial charge in [0.1, 0.15) is 11.6 Å². The lowest BCUT2D eigenvalue weighted by Crippen LogP contribution is -2.34. The predicted molar refractivity (Wildman–Crippen MR) is 97.3 cm³/mol. The van der Waals surface area contributed by atoms with Crippen LogP contribution in [-0.2, 0) is 6.54 Å². The SMILES string of the molecule is Cc1cc(-c2c(C)noc2C)nc(C2CCCCN2Cc2ccn[nH]2)n1. The number of nitrogens with zero attached hydrogens (tertiary/aromatic N) is 5. The highest BCUT2D eigenvalue weighted by Gasteiger charge is 2.27. The van der Waals surface area contributed by atoms with Crippen LogP contribution >= 0.6 is 0 Å². The van der Waals surface area contributed by atoms with E-state index in [4.69, 9.17) is 14.5 Å². The Balaban J connectivity index is 1.69. The van der Waals surface area contributed by atoms with Crippen molar-refractivity contribution in [1.82, 2.24) is 30.2 Å². The van der Waals surface area contributed by atoms with Gasteiger partial charge < -0.3 is 4.52 Å². The summed E-state index contributed by atoms with van der Waals surface area (Å²) >= 11 is 0. The van der Waals surface area contributed by atoms with Crippen LogP contribution in [0.1, 0.15) is 54.0 Å². The van der Waals surface area contributed by atoms with E-state index in [2.05, 4.69) is 20.3 Å². The van der Waals surface area contributed by atoms with Gasteiger partial charge in [0.2, 0.25) is 0 Å². The summed E-state index contributed by atoms with van der Waals surface area (Å²) in [6.45, 7) is 7.78. The molecular weight excluding hydrogens is 328 g/mol. The molecule has 3 aromatic heterocycles. The number of hydrogen-bond acceptors (Lipinski definition) is 6. The fourth-order valence-electron chi connectivity index (χ4n) is 3.78. The second-order valence-electron chi connectivity index (χ2n) is 7.02. The van der Waals surface area contributed by atoms with Gasteiger partial charge in [-0.25, -0.2) is 9.97 Å². The Morgan fingerprint density at radius 3 is 2.85 bits per heavy atom. The van der Waals surface area contributed by atoms with Crippen molar-refractivity contribution in [1.29, 1.82) is 0 Å². The molecule has 1 saturated heterocycles. The molecule has 1 aliphatic rings. The summed E-state index contributed by atoms with van der Waals surface area (Å²) < 4.78 is 5.33. The summed E-state index contributed by atoms with van der Waals surface area (Å²) in [5.74, 6) is 1.68. The number of piperidine rings is 1. The summed E-state index contributed by atoms with van der Waals surface area (Å²) in [6.07, 6.45) is 5.26. The van der Waals surface area contributed by atoms with Crippen LogP contribution in [0.2, 0.25) is 0 Å². The summed E-state index contributed by atoms with van der Waals surface area (Å²) in [6, 6.07) is 4.25. The minimum Gasteiger partial charge on any atom is -0.361 e. The number of likely N-dealkylation sites (tertiary alicyclic amines) is 1. The first-order valence-corrected chi connectivity index (χ1v) is 9.13. The van der Waals surface area contributed by atoms with Crippen molar-refractivity contribution in [3.05, 3.63) is 47.0 Å². The summed E-state index contributed by atoms with van der Waals surface area (Å²) in [4.78, 5) is 12.1. The van der Waals surface area contributed by atoms with Gasteiger partial charge in [-0.2, -0.15) is 5.10 Å². The average Bonchev–Trinajstić information content (AvgIpc) is 3.24. The van der Waals surface area contributed by atoms with E-state index < -0.39 is 0 Å². The first-order chi connectivity index (χ1) is 12.6. The van der Waals surface area contributed by atoms with Crippen molar-refractivity contribution >= 4 is 0 Å². The molecule has 3 aromatic rings. The van der Waals surface area contributed by atoms with Gasteiger partial charge in [-0.05, 0) is 52.3 Å². The number of aromatic amines is 1. The Morgan fingerprint density at radius 1 is 1.23 bits per heavy atom. The third-order valence-electron chi connectivity index (χ3n) is 5.00. The molecule has 7 nitrogen and oxygen atoms in total. The maximum atomic E-state index is 5.33. The number of rotatable bonds is 4. The van der Waals surface area contributed by atoms with E-state index in [0.29, 0.717) is 0 Å². The average molecular weight is 352 g/mol. The maximum Gasteiger partial charge on any atom is 0.146 e. The molecule has 7 heteroatoms. The smallest absolute Gasteiger partial charge is 0.146 e. The summed E-state index contributed by atoms with van der Waals surface area (Å²) in [7, 11) is 0. The molecule has 0 bridgehead atoms. The standard InChI is InChI=1S/C19H24N6O/c1-12-10-16(18-13(2)24-26-14(18)3)22-19(21-12)17-6-4-5-9-25(17)11-15-7-8-20-23-15/h7-8,10,17H,4-6,9,11H2,1-3H3,(H,20,23). The predicted octanol–water partition coefficient (Wildman–Crippen LogP) is 3.51. The quantitative estimate of drug-likeness (QED) is 0.773. The highest BCUT2D eigenvalue weighted by Crippen LogP contribution is 2.32. The molecule has 4 rings (SSSR count). The zero-order valence-corrected chi connectivity index (χ0v) is 15.5. The molecule has 0 radical (unpaired) electrons. The van der Waals surface area contributed by atoms with Crippen LogP contribution in [-0.4, -0.2) is 36.8 Å². The van der Waals surface area contributed by atoms with E-state index >= 15 is 0 Å². The molecule has 0 saturated carbocycles. The van der Waals surface area contributed by atoms with Gasteiger partial charge in [0.15, 0.2) is 0 Å². The summed E-state index contributed by atoms with van der Waals surface area (Å²) in [5, 5.41) is 11.2. The van der Waals surface area contributed by atoms with Crippen LogP contribution in [0.15, 0.2) is 22.9 Å². The third-order valence-corrected chi connectivity index (χ3v) is 5.00. The second-order valence-corrected chi connectivity index (χ2v) is 7.02. The molecular formula is C19H24N6O. The molecule has 1 fully saturated rings. The fraction of sp³-hybridized carbons (Fsp3) is 0.474. The second kappa shape index (κ2) is 6.99. The Labute approximate surface area is 152 Å². The monoisotopic (exact) mass is 352 g/mol. The van der Waals surface area contributed by atoms with E-state index in [-0.39, 0.29) is 6.04 Å². The van der Waals surface area contributed by atoms with Crippen LogP contribution in [0.3, 0.4) is 0 Å². The van der Waals surface area contributed by atoms with E-state index in [1.165, 1.54) is 12.8 Å². The molecule has 1 atom stereocenters. The van der Waals surface area contributed by atoms with E-state index in [0.717, 1.165) is 59.4 Å². The lowest BCUT2D eigenvalue weighted by molar-refractivity contribution is 0.132. The van der Waals surface area contributed by atoms with Crippen molar-refractivity contribution in [2.75, 3.05) is 6.54 Å². The first-order valence-electron chi connectivity index (χ1n) is 9.13. The van der Waals surface area contributed by atoms with Crippen molar-refractivity contribution in [3.8, 4) is 11.3 Å². The van der Waals surface area contributed by atoms with Gasteiger partial charge >= 0.3 is 0 Å². The maximum absolute atomic E-state index is 5.33. The fourth-order valence-corrected chi connectivity index (χ4v) is 3.78. The van der Waals surface area contributed by atoms with E-state index in [1.807, 2.05) is 32.9 Å². The molecule has 1 unspecified atom stereocenters. The Bertz CT molecular complexity index is 866. The molecule has 1 N–H and O–H groups in total. The first kappa shape index (κ1) is 16.9. The molecule has 4 heterocycles. The molecule has 1 aliphatic heterocycles. The molecule has 136 valence electrons.